The highest BCUT2D eigenvalue weighted by atomic mass is 15.1. The highest BCUT2D eigenvalue weighted by Crippen LogP contribution is 2.38. The van der Waals surface area contributed by atoms with Crippen LogP contribution in [0.5, 0.6) is 0 Å². The fraction of sp³-hybridized carbons (Fsp3) is 0.571. The number of nitrogens with one attached hydrogen (secondary N) is 1. The zero-order valence-corrected chi connectivity index (χ0v) is 14.7. The molecule has 0 radical (unpaired) electrons. The highest BCUT2D eigenvalue weighted by Gasteiger charge is 2.38. The summed E-state index contributed by atoms with van der Waals surface area (Å²) in [4.78, 5) is 2.44. The Labute approximate surface area is 146 Å². The van der Waals surface area contributed by atoms with Crippen molar-refractivity contribution in [3.63, 3.8) is 0 Å². The molecule has 24 heavy (non-hydrogen) atoms. The number of nitrogens with zero attached hydrogens (tertiary/aromatic N) is 2. The molecule has 3 nitrogen and oxygen atoms in total. The van der Waals surface area contributed by atoms with Crippen LogP contribution in [0.2, 0.25) is 0 Å². The van der Waals surface area contributed by atoms with E-state index < -0.39 is 0 Å². The van der Waals surface area contributed by atoms with Crippen LogP contribution in [0.4, 0.5) is 0 Å². The maximum absolute atomic E-state index is 8.67. The highest BCUT2D eigenvalue weighted by molar-refractivity contribution is 5.53. The van der Waals surface area contributed by atoms with Crippen LogP contribution in [0, 0.1) is 23.2 Å². The van der Waals surface area contributed by atoms with Crippen molar-refractivity contribution in [2.24, 2.45) is 11.8 Å². The average Bonchev–Trinajstić information content (AvgIpc) is 3.40. The number of benzene rings is 1. The number of hydrogen-bond acceptors (Lipinski definition) is 3. The normalized spacial score (nSPS) is 25.4. The summed E-state index contributed by atoms with van der Waals surface area (Å²) in [5.41, 5.74) is 2.82. The third kappa shape index (κ3) is 4.93. The Kier molecular flexibility index (Phi) is 6.07. The fourth-order valence-corrected chi connectivity index (χ4v) is 3.78. The third-order valence-corrected chi connectivity index (χ3v) is 5.48. The standard InChI is InChI=1S/C21H29N3/c1-17(14-18-6-3-2-4-7-18)20-15-21(20)23-16-19-8-12-24(13-9-19)11-5-10-22/h2-4,6-7,14,19-21,23H,5,8-9,11-13,15-16H2,1H3/b17-14+. The van der Waals surface area contributed by atoms with E-state index in [0.717, 1.165) is 38.0 Å². The quantitative estimate of drug-likeness (QED) is 0.832. The van der Waals surface area contributed by atoms with Crippen LogP contribution in [0.1, 0.15) is 38.2 Å². The van der Waals surface area contributed by atoms with E-state index in [1.165, 1.54) is 30.4 Å². The van der Waals surface area contributed by atoms with Crippen molar-refractivity contribution in [1.29, 1.82) is 5.26 Å². The van der Waals surface area contributed by atoms with Crippen molar-refractivity contribution < 1.29 is 0 Å². The lowest BCUT2D eigenvalue weighted by Gasteiger charge is -2.31. The van der Waals surface area contributed by atoms with E-state index in [9.17, 15) is 0 Å². The number of nitriles is 1. The minimum atomic E-state index is 0.666. The first kappa shape index (κ1) is 17.2. The molecular formula is C21H29N3. The number of hydrogen-bond donors (Lipinski definition) is 1. The fourth-order valence-electron chi connectivity index (χ4n) is 3.78. The summed E-state index contributed by atoms with van der Waals surface area (Å²) in [7, 11) is 0. The number of piperidine rings is 1. The van der Waals surface area contributed by atoms with Crippen LogP contribution in [0.15, 0.2) is 35.9 Å². The van der Waals surface area contributed by atoms with Gasteiger partial charge in [0.15, 0.2) is 0 Å². The molecule has 1 saturated heterocycles. The molecule has 1 aliphatic heterocycles. The van der Waals surface area contributed by atoms with Gasteiger partial charge in [-0.1, -0.05) is 42.0 Å². The SMILES string of the molecule is C/C(=C\c1ccccc1)C1CC1NCC1CCN(CCC#N)CC1. The summed E-state index contributed by atoms with van der Waals surface area (Å²) in [5, 5.41) is 12.5. The first-order chi connectivity index (χ1) is 11.8. The summed E-state index contributed by atoms with van der Waals surface area (Å²) in [6, 6.07) is 13.6. The molecule has 0 aromatic heterocycles. The minimum absolute atomic E-state index is 0.666. The molecule has 0 amide bonds. The van der Waals surface area contributed by atoms with E-state index in [1.54, 1.807) is 0 Å². The van der Waals surface area contributed by atoms with Crippen LogP contribution in [-0.2, 0) is 0 Å². The largest absolute Gasteiger partial charge is 0.313 e. The molecule has 3 rings (SSSR count). The maximum atomic E-state index is 8.67. The van der Waals surface area contributed by atoms with Crippen LogP contribution in [0.3, 0.4) is 0 Å². The molecule has 1 aromatic carbocycles. The molecule has 3 heteroatoms. The topological polar surface area (TPSA) is 39.1 Å². The van der Waals surface area contributed by atoms with Crippen molar-refractivity contribution in [2.75, 3.05) is 26.2 Å². The zero-order chi connectivity index (χ0) is 16.8. The molecule has 2 fully saturated rings. The molecule has 2 unspecified atom stereocenters. The van der Waals surface area contributed by atoms with Crippen molar-refractivity contribution >= 4 is 6.08 Å². The Morgan fingerprint density at radius 1 is 1.29 bits per heavy atom. The summed E-state index contributed by atoms with van der Waals surface area (Å²) in [5.74, 6) is 1.53. The Morgan fingerprint density at radius 2 is 2.04 bits per heavy atom. The lowest BCUT2D eigenvalue weighted by Crippen LogP contribution is -2.38. The molecule has 0 bridgehead atoms. The van der Waals surface area contributed by atoms with Crippen molar-refractivity contribution in [3.05, 3.63) is 41.5 Å². The maximum Gasteiger partial charge on any atom is 0.0635 e. The Bertz CT molecular complexity index is 579. The molecule has 1 N–H and O–H groups in total. The van der Waals surface area contributed by atoms with Gasteiger partial charge in [0.05, 0.1) is 6.07 Å². The van der Waals surface area contributed by atoms with Crippen LogP contribution < -0.4 is 5.32 Å². The molecule has 2 aliphatic rings. The van der Waals surface area contributed by atoms with Crippen LogP contribution in [0.25, 0.3) is 6.08 Å². The Morgan fingerprint density at radius 3 is 2.75 bits per heavy atom. The van der Waals surface area contributed by atoms with E-state index >= 15 is 0 Å². The summed E-state index contributed by atoms with van der Waals surface area (Å²) >= 11 is 0. The summed E-state index contributed by atoms with van der Waals surface area (Å²) < 4.78 is 0. The smallest absolute Gasteiger partial charge is 0.0635 e. The van der Waals surface area contributed by atoms with E-state index in [1.807, 2.05) is 0 Å². The second-order valence-electron chi connectivity index (χ2n) is 7.35. The second-order valence-corrected chi connectivity index (χ2v) is 7.35. The minimum Gasteiger partial charge on any atom is -0.313 e. The van der Waals surface area contributed by atoms with Crippen LogP contribution in [-0.4, -0.2) is 37.1 Å². The van der Waals surface area contributed by atoms with E-state index in [0.29, 0.717) is 12.5 Å². The van der Waals surface area contributed by atoms with Gasteiger partial charge in [0.2, 0.25) is 0 Å². The van der Waals surface area contributed by atoms with Crippen molar-refractivity contribution in [3.8, 4) is 6.07 Å². The zero-order valence-electron chi connectivity index (χ0n) is 14.7. The van der Waals surface area contributed by atoms with E-state index in [4.69, 9.17) is 5.26 Å². The second kappa shape index (κ2) is 8.46. The van der Waals surface area contributed by atoms with Gasteiger partial charge in [-0.05, 0) is 63.2 Å². The van der Waals surface area contributed by atoms with Gasteiger partial charge in [0, 0.05) is 19.0 Å². The molecule has 1 aliphatic carbocycles. The molecule has 1 saturated carbocycles. The summed E-state index contributed by atoms with van der Waals surface area (Å²) in [6.45, 7) is 6.70. The van der Waals surface area contributed by atoms with Crippen molar-refractivity contribution in [1.82, 2.24) is 10.2 Å². The van der Waals surface area contributed by atoms with E-state index in [-0.39, 0.29) is 0 Å². The first-order valence-electron chi connectivity index (χ1n) is 9.32. The molecule has 1 heterocycles. The van der Waals surface area contributed by atoms with Crippen LogP contribution >= 0.6 is 0 Å². The number of likely N-dealkylation sites (tertiary alicyclic amines) is 1. The number of rotatable bonds is 7. The Balaban J connectivity index is 1.36. The Hall–Kier alpha value is -1.63. The molecular weight excluding hydrogens is 294 g/mol. The lowest BCUT2D eigenvalue weighted by atomic mass is 9.96. The van der Waals surface area contributed by atoms with E-state index in [2.05, 4.69) is 59.6 Å². The monoisotopic (exact) mass is 323 g/mol. The molecule has 2 atom stereocenters. The van der Waals surface area contributed by atoms with Gasteiger partial charge in [-0.3, -0.25) is 0 Å². The molecule has 0 spiro atoms. The van der Waals surface area contributed by atoms with Gasteiger partial charge in [0.1, 0.15) is 0 Å². The first-order valence-corrected chi connectivity index (χ1v) is 9.32. The van der Waals surface area contributed by atoms with Gasteiger partial charge < -0.3 is 10.2 Å². The average molecular weight is 323 g/mol. The van der Waals surface area contributed by atoms with Gasteiger partial charge in [-0.25, -0.2) is 0 Å². The van der Waals surface area contributed by atoms with Gasteiger partial charge in [-0.2, -0.15) is 5.26 Å². The van der Waals surface area contributed by atoms with Crippen molar-refractivity contribution in [2.45, 2.75) is 38.6 Å². The predicted octanol–water partition coefficient (Wildman–Crippen LogP) is 3.69. The lowest BCUT2D eigenvalue weighted by molar-refractivity contribution is 0.185. The summed E-state index contributed by atoms with van der Waals surface area (Å²) in [6.07, 6.45) is 6.83. The third-order valence-electron chi connectivity index (χ3n) is 5.48. The molecule has 128 valence electrons. The van der Waals surface area contributed by atoms with Gasteiger partial charge in [-0.15, -0.1) is 0 Å². The van der Waals surface area contributed by atoms with Gasteiger partial charge >= 0.3 is 0 Å². The predicted molar refractivity (Wildman–Crippen MR) is 99.4 cm³/mol. The molecule has 1 aromatic rings. The van der Waals surface area contributed by atoms with Gasteiger partial charge in [0.25, 0.3) is 0 Å².